The molecule has 1 amide bonds. The first-order valence-corrected chi connectivity index (χ1v) is 6.68. The largest absolute Gasteiger partial charge is 0.446 e. The van der Waals surface area contributed by atoms with Crippen molar-refractivity contribution in [2.45, 2.75) is 23.4 Å². The number of alkyl halides is 3. The Kier molecular flexibility index (Phi) is 4.22. The first kappa shape index (κ1) is 14.7. The smallest absolute Gasteiger partial charge is 0.340 e. The summed E-state index contributed by atoms with van der Waals surface area (Å²) in [6.45, 7) is 2.35. The molecule has 0 spiro atoms. The molecule has 1 aliphatic heterocycles. The zero-order valence-corrected chi connectivity index (χ0v) is 11.3. The van der Waals surface area contributed by atoms with Crippen LogP contribution in [0.2, 0.25) is 0 Å². The van der Waals surface area contributed by atoms with E-state index in [4.69, 9.17) is 0 Å². The normalized spacial score (nSPS) is 20.9. The maximum atomic E-state index is 12.2. The van der Waals surface area contributed by atoms with Crippen LogP contribution in [0.3, 0.4) is 0 Å². The highest BCUT2D eigenvalue weighted by Crippen LogP contribution is 2.37. The highest BCUT2D eigenvalue weighted by Gasteiger charge is 2.31. The molecule has 1 aromatic carbocycles. The van der Waals surface area contributed by atoms with Crippen LogP contribution < -0.4 is 10.6 Å². The summed E-state index contributed by atoms with van der Waals surface area (Å²) in [5, 5.41) is 5.46. The maximum absolute atomic E-state index is 12.2. The van der Waals surface area contributed by atoms with Crippen molar-refractivity contribution in [3.63, 3.8) is 0 Å². The zero-order chi connectivity index (χ0) is 14.8. The number of carbonyl (C=O) groups excluding carboxylic acids is 1. The molecule has 8 heteroatoms. The molecule has 0 saturated carbocycles. The van der Waals surface area contributed by atoms with Crippen molar-refractivity contribution in [2.24, 2.45) is 4.99 Å². The minimum Gasteiger partial charge on any atom is -0.340 e. The Bertz CT molecular complexity index is 528. The molecule has 1 aromatic rings. The summed E-state index contributed by atoms with van der Waals surface area (Å²) >= 11 is -0.183. The SMILES string of the molecule is CCN=C1NC(=O)C(c2ccc(SC(F)(F)F)cc2)N1. The fourth-order valence-corrected chi connectivity index (χ4v) is 2.31. The number of hydrogen-bond acceptors (Lipinski definition) is 3. The minimum atomic E-state index is -4.31. The third-order valence-corrected chi connectivity index (χ3v) is 3.29. The van der Waals surface area contributed by atoms with Crippen LogP contribution in [0, 0.1) is 0 Å². The van der Waals surface area contributed by atoms with Crippen LogP contribution in [-0.2, 0) is 4.79 Å². The molecular formula is C12H12F3N3OS. The first-order valence-electron chi connectivity index (χ1n) is 5.86. The number of hydrogen-bond donors (Lipinski definition) is 2. The van der Waals surface area contributed by atoms with Crippen molar-refractivity contribution < 1.29 is 18.0 Å². The van der Waals surface area contributed by atoms with Crippen molar-refractivity contribution in [1.29, 1.82) is 0 Å². The summed E-state index contributed by atoms with van der Waals surface area (Å²) in [7, 11) is 0. The van der Waals surface area contributed by atoms with Crippen molar-refractivity contribution in [1.82, 2.24) is 10.6 Å². The maximum Gasteiger partial charge on any atom is 0.446 e. The number of nitrogens with one attached hydrogen (secondary N) is 2. The molecule has 0 bridgehead atoms. The van der Waals surface area contributed by atoms with Crippen LogP contribution >= 0.6 is 11.8 Å². The molecule has 4 nitrogen and oxygen atoms in total. The fourth-order valence-electron chi connectivity index (χ4n) is 1.77. The third kappa shape index (κ3) is 3.66. The zero-order valence-electron chi connectivity index (χ0n) is 10.5. The molecule has 1 aliphatic rings. The van der Waals surface area contributed by atoms with Crippen molar-refractivity contribution >= 4 is 23.6 Å². The van der Waals surface area contributed by atoms with E-state index in [1.165, 1.54) is 24.3 Å². The topological polar surface area (TPSA) is 53.5 Å². The summed E-state index contributed by atoms with van der Waals surface area (Å²) in [5.74, 6) is 0.115. The molecule has 20 heavy (non-hydrogen) atoms. The van der Waals surface area contributed by atoms with Gasteiger partial charge < -0.3 is 5.32 Å². The standard InChI is InChI=1S/C12H12F3N3OS/c1-2-16-11-17-9(10(19)18-11)7-3-5-8(6-4-7)20-12(13,14)15/h3-6,9H,2H2,1H3,(H2,16,17,18,19). The number of benzene rings is 1. The molecule has 2 rings (SSSR count). The van der Waals surface area contributed by atoms with Gasteiger partial charge in [-0.05, 0) is 36.4 Å². The van der Waals surface area contributed by atoms with Crippen molar-refractivity contribution in [3.05, 3.63) is 29.8 Å². The molecule has 0 radical (unpaired) electrons. The lowest BCUT2D eigenvalue weighted by Gasteiger charge is -2.10. The molecule has 0 aromatic heterocycles. The Labute approximate surface area is 117 Å². The lowest BCUT2D eigenvalue weighted by atomic mass is 10.1. The van der Waals surface area contributed by atoms with Gasteiger partial charge in [0, 0.05) is 11.4 Å². The van der Waals surface area contributed by atoms with Crippen molar-refractivity contribution in [3.8, 4) is 0 Å². The van der Waals surface area contributed by atoms with Gasteiger partial charge in [-0.25, -0.2) is 0 Å². The second-order valence-electron chi connectivity index (χ2n) is 4.01. The molecule has 1 unspecified atom stereocenters. The van der Waals surface area contributed by atoms with E-state index >= 15 is 0 Å². The van der Waals surface area contributed by atoms with Gasteiger partial charge in [0.25, 0.3) is 5.91 Å². The van der Waals surface area contributed by atoms with Gasteiger partial charge in [-0.15, -0.1) is 0 Å². The summed E-state index contributed by atoms with van der Waals surface area (Å²) in [5.41, 5.74) is -3.72. The second kappa shape index (κ2) is 5.74. The molecule has 1 atom stereocenters. The molecule has 0 aliphatic carbocycles. The van der Waals surface area contributed by atoms with E-state index in [2.05, 4.69) is 15.6 Å². The van der Waals surface area contributed by atoms with Crippen LogP contribution in [0.4, 0.5) is 13.2 Å². The number of aliphatic imine (C=N–C) groups is 1. The number of amides is 1. The Morgan fingerprint density at radius 2 is 1.95 bits per heavy atom. The van der Waals surface area contributed by atoms with Gasteiger partial charge in [-0.3, -0.25) is 15.1 Å². The van der Waals surface area contributed by atoms with Gasteiger partial charge in [0.1, 0.15) is 6.04 Å². The third-order valence-electron chi connectivity index (χ3n) is 2.55. The minimum absolute atomic E-state index is 0.0853. The average molecular weight is 303 g/mol. The monoisotopic (exact) mass is 303 g/mol. The Hall–Kier alpha value is -1.70. The predicted molar refractivity (Wildman–Crippen MR) is 70.3 cm³/mol. The summed E-state index contributed by atoms with van der Waals surface area (Å²) in [4.78, 5) is 15.9. The highest BCUT2D eigenvalue weighted by molar-refractivity contribution is 8.00. The van der Waals surface area contributed by atoms with E-state index in [0.29, 0.717) is 18.1 Å². The first-order chi connectivity index (χ1) is 9.39. The number of guanidine groups is 1. The Morgan fingerprint density at radius 3 is 2.50 bits per heavy atom. The number of carbonyl (C=O) groups is 1. The molecule has 1 saturated heterocycles. The van der Waals surface area contributed by atoms with E-state index in [9.17, 15) is 18.0 Å². The van der Waals surface area contributed by atoms with Gasteiger partial charge in [0.05, 0.1) is 0 Å². The van der Waals surface area contributed by atoms with Gasteiger partial charge in [0.15, 0.2) is 5.96 Å². The molecule has 108 valence electrons. The molecule has 2 N–H and O–H groups in total. The van der Waals surface area contributed by atoms with Crippen LogP contribution in [-0.4, -0.2) is 23.9 Å². The summed E-state index contributed by atoms with van der Waals surface area (Å²) in [6.07, 6.45) is 0. The lowest BCUT2D eigenvalue weighted by Crippen LogP contribution is -2.25. The van der Waals surface area contributed by atoms with E-state index in [-0.39, 0.29) is 22.6 Å². The quantitative estimate of drug-likeness (QED) is 0.843. The Balaban J connectivity index is 2.11. The summed E-state index contributed by atoms with van der Waals surface area (Å²) < 4.78 is 36.6. The van der Waals surface area contributed by atoms with E-state index < -0.39 is 11.6 Å². The van der Waals surface area contributed by atoms with E-state index in [1.54, 1.807) is 0 Å². The molecule has 1 fully saturated rings. The lowest BCUT2D eigenvalue weighted by molar-refractivity contribution is -0.120. The van der Waals surface area contributed by atoms with Crippen LogP contribution in [0.1, 0.15) is 18.5 Å². The number of thioether (sulfide) groups is 1. The van der Waals surface area contributed by atoms with E-state index in [0.717, 1.165) is 0 Å². The van der Waals surface area contributed by atoms with Crippen LogP contribution in [0.5, 0.6) is 0 Å². The van der Waals surface area contributed by atoms with Gasteiger partial charge >= 0.3 is 5.51 Å². The fraction of sp³-hybridized carbons (Fsp3) is 0.333. The van der Waals surface area contributed by atoms with Crippen LogP contribution in [0.15, 0.2) is 34.2 Å². The Morgan fingerprint density at radius 1 is 1.30 bits per heavy atom. The van der Waals surface area contributed by atoms with Crippen molar-refractivity contribution in [2.75, 3.05) is 6.54 Å². The average Bonchev–Trinajstić information content (AvgIpc) is 2.70. The molecular weight excluding hydrogens is 291 g/mol. The van der Waals surface area contributed by atoms with Gasteiger partial charge in [-0.1, -0.05) is 12.1 Å². The van der Waals surface area contributed by atoms with Gasteiger partial charge in [-0.2, -0.15) is 13.2 Å². The summed E-state index contributed by atoms with van der Waals surface area (Å²) in [6, 6.07) is 5.07. The second-order valence-corrected chi connectivity index (χ2v) is 5.14. The number of nitrogens with zero attached hydrogens (tertiary/aromatic N) is 1. The van der Waals surface area contributed by atoms with Gasteiger partial charge in [0.2, 0.25) is 0 Å². The molecule has 1 heterocycles. The highest BCUT2D eigenvalue weighted by atomic mass is 32.2. The number of rotatable bonds is 3. The number of halogens is 3. The van der Waals surface area contributed by atoms with E-state index in [1.807, 2.05) is 6.92 Å². The predicted octanol–water partition coefficient (Wildman–Crippen LogP) is 2.43. The van der Waals surface area contributed by atoms with Crippen LogP contribution in [0.25, 0.3) is 0 Å².